The first-order valence-corrected chi connectivity index (χ1v) is 8.58. The molecule has 0 spiro atoms. The number of anilines is 1. The molecule has 7 nitrogen and oxygen atoms in total. The van der Waals surface area contributed by atoms with Crippen LogP contribution in [0, 0.1) is 11.3 Å². The zero-order chi connectivity index (χ0) is 14.9. The van der Waals surface area contributed by atoms with Crippen molar-refractivity contribution >= 4 is 15.8 Å². The predicted molar refractivity (Wildman–Crippen MR) is 76.9 cm³/mol. The fourth-order valence-electron chi connectivity index (χ4n) is 2.55. The fraction of sp³-hybridized carbons (Fsp3) is 0.615. The monoisotopic (exact) mass is 307 g/mol. The molecule has 2 aliphatic rings. The van der Waals surface area contributed by atoms with Crippen LogP contribution in [0.25, 0.3) is 0 Å². The summed E-state index contributed by atoms with van der Waals surface area (Å²) in [5.41, 5.74) is 0.269. The standard InChI is InChI=1S/C13H17N5O2S/c14-9-12-13(16-6-5-15-12)17-10-3-7-18(8-4-10)21(19,20)11-1-2-11/h5-6,10-11H,1-4,7-8H2,(H,16,17). The maximum absolute atomic E-state index is 12.2. The van der Waals surface area contributed by atoms with Crippen LogP contribution in [0.2, 0.25) is 0 Å². The molecule has 2 fully saturated rings. The minimum absolute atomic E-state index is 0.124. The number of sulfonamides is 1. The molecule has 1 aliphatic heterocycles. The van der Waals surface area contributed by atoms with Crippen molar-refractivity contribution in [1.82, 2.24) is 14.3 Å². The third-order valence-corrected chi connectivity index (χ3v) is 6.30. The average molecular weight is 307 g/mol. The van der Waals surface area contributed by atoms with E-state index in [1.54, 1.807) is 4.31 Å². The van der Waals surface area contributed by atoms with E-state index in [4.69, 9.17) is 5.26 Å². The number of hydrogen-bond donors (Lipinski definition) is 1. The van der Waals surface area contributed by atoms with Crippen LogP contribution < -0.4 is 5.32 Å². The first-order valence-electron chi connectivity index (χ1n) is 7.08. The lowest BCUT2D eigenvalue weighted by Gasteiger charge is -2.31. The highest BCUT2D eigenvalue weighted by atomic mass is 32.2. The maximum atomic E-state index is 12.2. The second kappa shape index (κ2) is 5.58. The SMILES string of the molecule is N#Cc1nccnc1NC1CCN(S(=O)(=O)C2CC2)CC1. The summed E-state index contributed by atoms with van der Waals surface area (Å²) in [7, 11) is -3.07. The van der Waals surface area contributed by atoms with Crippen molar-refractivity contribution in [2.24, 2.45) is 0 Å². The number of nitrogens with zero attached hydrogens (tertiary/aromatic N) is 4. The zero-order valence-corrected chi connectivity index (χ0v) is 12.4. The Morgan fingerprint density at radius 2 is 1.86 bits per heavy atom. The van der Waals surface area contributed by atoms with Crippen LogP contribution in [0.5, 0.6) is 0 Å². The molecule has 1 saturated heterocycles. The molecule has 8 heteroatoms. The van der Waals surface area contributed by atoms with E-state index >= 15 is 0 Å². The van der Waals surface area contributed by atoms with Crippen molar-refractivity contribution in [3.8, 4) is 6.07 Å². The molecule has 0 aromatic carbocycles. The molecule has 112 valence electrons. The lowest BCUT2D eigenvalue weighted by atomic mass is 10.1. The quantitative estimate of drug-likeness (QED) is 0.880. The van der Waals surface area contributed by atoms with E-state index in [1.165, 1.54) is 12.4 Å². The molecule has 0 amide bonds. The number of nitriles is 1. The molecular formula is C13H17N5O2S. The third kappa shape index (κ3) is 2.99. The molecule has 0 radical (unpaired) electrons. The summed E-state index contributed by atoms with van der Waals surface area (Å²) in [6.07, 6.45) is 6.04. The Labute approximate surface area is 124 Å². The molecule has 1 aliphatic carbocycles. The van der Waals surface area contributed by atoms with Gasteiger partial charge in [0.2, 0.25) is 10.0 Å². The topological polar surface area (TPSA) is 99.0 Å². The summed E-state index contributed by atoms with van der Waals surface area (Å²) in [4.78, 5) is 8.08. The largest absolute Gasteiger partial charge is 0.365 e. The molecule has 21 heavy (non-hydrogen) atoms. The zero-order valence-electron chi connectivity index (χ0n) is 11.6. The molecule has 1 aromatic heterocycles. The lowest BCUT2D eigenvalue weighted by molar-refractivity contribution is 0.329. The van der Waals surface area contributed by atoms with Crippen LogP contribution in [0.4, 0.5) is 5.82 Å². The Morgan fingerprint density at radius 3 is 2.48 bits per heavy atom. The van der Waals surface area contributed by atoms with Gasteiger partial charge in [-0.1, -0.05) is 0 Å². The molecule has 2 heterocycles. The second-order valence-corrected chi connectivity index (χ2v) is 7.64. The predicted octanol–water partition coefficient (Wildman–Crippen LogP) is 0.717. The van der Waals surface area contributed by atoms with Crippen molar-refractivity contribution in [1.29, 1.82) is 5.26 Å². The van der Waals surface area contributed by atoms with Crippen LogP contribution in [0.1, 0.15) is 31.4 Å². The molecule has 1 aromatic rings. The van der Waals surface area contributed by atoms with Crippen molar-refractivity contribution in [3.63, 3.8) is 0 Å². The van der Waals surface area contributed by atoms with E-state index in [2.05, 4.69) is 15.3 Å². The molecular weight excluding hydrogens is 290 g/mol. The molecule has 0 unspecified atom stereocenters. The van der Waals surface area contributed by atoms with Crippen LogP contribution >= 0.6 is 0 Å². The molecule has 0 bridgehead atoms. The van der Waals surface area contributed by atoms with Gasteiger partial charge in [-0.3, -0.25) is 0 Å². The van der Waals surface area contributed by atoms with E-state index in [9.17, 15) is 8.42 Å². The van der Waals surface area contributed by atoms with Gasteiger partial charge in [0.1, 0.15) is 6.07 Å². The summed E-state index contributed by atoms with van der Waals surface area (Å²) in [6, 6.07) is 2.12. The highest BCUT2D eigenvalue weighted by molar-refractivity contribution is 7.90. The number of aromatic nitrogens is 2. The summed E-state index contributed by atoms with van der Waals surface area (Å²) in [5, 5.41) is 12.0. The van der Waals surface area contributed by atoms with Gasteiger partial charge in [0.15, 0.2) is 11.5 Å². The van der Waals surface area contributed by atoms with Crippen LogP contribution in [-0.4, -0.2) is 47.1 Å². The Kier molecular flexibility index (Phi) is 3.78. The normalized spacial score (nSPS) is 20.9. The highest BCUT2D eigenvalue weighted by Crippen LogP contribution is 2.32. The maximum Gasteiger partial charge on any atom is 0.216 e. The van der Waals surface area contributed by atoms with Gasteiger partial charge in [-0.25, -0.2) is 22.7 Å². The van der Waals surface area contributed by atoms with Crippen molar-refractivity contribution in [3.05, 3.63) is 18.1 Å². The average Bonchev–Trinajstić information content (AvgIpc) is 3.33. The van der Waals surface area contributed by atoms with Crippen LogP contribution in [0.3, 0.4) is 0 Å². The van der Waals surface area contributed by atoms with E-state index in [1.807, 2.05) is 6.07 Å². The lowest BCUT2D eigenvalue weighted by Crippen LogP contribution is -2.43. The van der Waals surface area contributed by atoms with Gasteiger partial charge in [0.05, 0.1) is 5.25 Å². The Hall–Kier alpha value is -1.72. The van der Waals surface area contributed by atoms with Gasteiger partial charge in [-0.15, -0.1) is 0 Å². The molecule has 0 atom stereocenters. The smallest absolute Gasteiger partial charge is 0.216 e. The Morgan fingerprint density at radius 1 is 1.19 bits per heavy atom. The van der Waals surface area contributed by atoms with Crippen molar-refractivity contribution in [2.45, 2.75) is 37.0 Å². The summed E-state index contributed by atoms with van der Waals surface area (Å²) in [6.45, 7) is 1.05. The van der Waals surface area contributed by atoms with Gasteiger partial charge >= 0.3 is 0 Å². The molecule has 3 rings (SSSR count). The number of rotatable bonds is 4. The van der Waals surface area contributed by atoms with Gasteiger partial charge in [-0.05, 0) is 25.7 Å². The van der Waals surface area contributed by atoms with E-state index in [0.29, 0.717) is 31.7 Å². The van der Waals surface area contributed by atoms with Gasteiger partial charge in [0, 0.05) is 31.5 Å². The van der Waals surface area contributed by atoms with Gasteiger partial charge < -0.3 is 5.32 Å². The highest BCUT2D eigenvalue weighted by Gasteiger charge is 2.41. The van der Waals surface area contributed by atoms with E-state index in [0.717, 1.165) is 12.8 Å². The number of nitrogens with one attached hydrogen (secondary N) is 1. The number of hydrogen-bond acceptors (Lipinski definition) is 6. The summed E-state index contributed by atoms with van der Waals surface area (Å²) < 4.78 is 25.9. The van der Waals surface area contributed by atoms with E-state index < -0.39 is 10.0 Å². The number of piperidine rings is 1. The van der Waals surface area contributed by atoms with Crippen LogP contribution in [-0.2, 0) is 10.0 Å². The van der Waals surface area contributed by atoms with Crippen LogP contribution in [0.15, 0.2) is 12.4 Å². The van der Waals surface area contributed by atoms with Gasteiger partial charge in [0.25, 0.3) is 0 Å². The fourth-order valence-corrected chi connectivity index (χ4v) is 4.42. The Bertz CT molecular complexity index is 657. The van der Waals surface area contributed by atoms with Gasteiger partial charge in [-0.2, -0.15) is 5.26 Å². The second-order valence-electron chi connectivity index (χ2n) is 5.43. The van der Waals surface area contributed by atoms with Crippen molar-refractivity contribution in [2.75, 3.05) is 18.4 Å². The first kappa shape index (κ1) is 14.2. The minimum Gasteiger partial charge on any atom is -0.365 e. The first-order chi connectivity index (χ1) is 10.1. The molecule has 1 saturated carbocycles. The summed E-state index contributed by atoms with van der Waals surface area (Å²) >= 11 is 0. The third-order valence-electron chi connectivity index (χ3n) is 3.90. The summed E-state index contributed by atoms with van der Waals surface area (Å²) in [5.74, 6) is 0.475. The van der Waals surface area contributed by atoms with E-state index in [-0.39, 0.29) is 17.0 Å². The Balaban J connectivity index is 1.60. The van der Waals surface area contributed by atoms with Crippen molar-refractivity contribution < 1.29 is 8.42 Å². The minimum atomic E-state index is -3.07. The molecule has 1 N–H and O–H groups in total.